The predicted molar refractivity (Wildman–Crippen MR) is 67.2 cm³/mol. The Bertz CT molecular complexity index is 602. The molecule has 0 aliphatic carbocycles. The molecule has 2 aromatic rings. The number of aromatic carboxylic acids is 1. The van der Waals surface area contributed by atoms with Gasteiger partial charge in [-0.1, -0.05) is 0 Å². The number of nitrogens with zero attached hydrogens (tertiary/aromatic N) is 3. The number of hydrogen-bond acceptors (Lipinski definition) is 4. The van der Waals surface area contributed by atoms with Crippen LogP contribution in [0.25, 0.3) is 5.65 Å². The first-order valence-corrected chi connectivity index (χ1v) is 6.43. The summed E-state index contributed by atoms with van der Waals surface area (Å²) < 4.78 is 7.17. The third-order valence-electron chi connectivity index (χ3n) is 3.32. The molecule has 1 aliphatic rings. The fourth-order valence-corrected chi connectivity index (χ4v) is 2.38. The molecule has 1 aliphatic heterocycles. The lowest BCUT2D eigenvalue weighted by Crippen LogP contribution is -2.21. The summed E-state index contributed by atoms with van der Waals surface area (Å²) in [5.41, 5.74) is 0.562. The molecule has 0 spiro atoms. The van der Waals surface area contributed by atoms with Gasteiger partial charge in [-0.2, -0.15) is 5.10 Å². The second-order valence-corrected chi connectivity index (χ2v) is 4.72. The van der Waals surface area contributed by atoms with Gasteiger partial charge >= 0.3 is 5.97 Å². The van der Waals surface area contributed by atoms with E-state index in [1.165, 1.54) is 17.0 Å². The Morgan fingerprint density at radius 1 is 1.53 bits per heavy atom. The first-order chi connectivity index (χ1) is 9.24. The molecule has 1 unspecified atom stereocenters. The summed E-state index contributed by atoms with van der Waals surface area (Å²) in [4.78, 5) is 15.4. The standard InChI is InChI=1S/C13H15N3O3/c17-13(18)10-5-3-6-16-12(10)14-11(15-16)8-9-4-1-2-7-19-9/h3,5-6,9H,1-2,4,7-8H2,(H,17,18). The molecule has 1 saturated heterocycles. The molecule has 0 bridgehead atoms. The Morgan fingerprint density at radius 2 is 2.42 bits per heavy atom. The SMILES string of the molecule is O=C(O)c1cccn2nc(CC3CCCCO3)nc12. The molecule has 0 saturated carbocycles. The van der Waals surface area contributed by atoms with Crippen LogP contribution in [-0.4, -0.2) is 38.4 Å². The number of hydrogen-bond donors (Lipinski definition) is 1. The maximum atomic E-state index is 11.1. The van der Waals surface area contributed by atoms with Crippen molar-refractivity contribution in [1.82, 2.24) is 14.6 Å². The van der Waals surface area contributed by atoms with Crippen molar-refractivity contribution in [2.45, 2.75) is 31.8 Å². The zero-order valence-corrected chi connectivity index (χ0v) is 10.5. The number of carboxylic acid groups (broad SMARTS) is 1. The lowest BCUT2D eigenvalue weighted by atomic mass is 10.1. The molecule has 6 heteroatoms. The quantitative estimate of drug-likeness (QED) is 0.906. The van der Waals surface area contributed by atoms with Gasteiger partial charge in [0.2, 0.25) is 0 Å². The smallest absolute Gasteiger partial charge is 0.339 e. The van der Waals surface area contributed by atoms with Crippen LogP contribution in [-0.2, 0) is 11.2 Å². The molecule has 0 aromatic carbocycles. The molecular formula is C13H15N3O3. The van der Waals surface area contributed by atoms with Crippen LogP contribution in [0.3, 0.4) is 0 Å². The van der Waals surface area contributed by atoms with Gasteiger partial charge in [-0.3, -0.25) is 0 Å². The van der Waals surface area contributed by atoms with Crippen molar-refractivity contribution in [3.8, 4) is 0 Å². The van der Waals surface area contributed by atoms with Gasteiger partial charge in [-0.15, -0.1) is 0 Å². The van der Waals surface area contributed by atoms with Crippen molar-refractivity contribution in [2.24, 2.45) is 0 Å². The van der Waals surface area contributed by atoms with Crippen molar-refractivity contribution >= 4 is 11.6 Å². The van der Waals surface area contributed by atoms with Gasteiger partial charge < -0.3 is 9.84 Å². The third kappa shape index (κ3) is 2.44. The minimum absolute atomic E-state index is 0.152. The van der Waals surface area contributed by atoms with E-state index in [9.17, 15) is 4.79 Å². The summed E-state index contributed by atoms with van der Waals surface area (Å²) in [5, 5.41) is 13.4. The maximum absolute atomic E-state index is 11.1. The fourth-order valence-electron chi connectivity index (χ4n) is 2.38. The zero-order valence-electron chi connectivity index (χ0n) is 10.5. The molecule has 1 N–H and O–H groups in total. The van der Waals surface area contributed by atoms with E-state index in [1.54, 1.807) is 12.3 Å². The highest BCUT2D eigenvalue weighted by Crippen LogP contribution is 2.17. The van der Waals surface area contributed by atoms with Crippen molar-refractivity contribution in [3.05, 3.63) is 29.7 Å². The topological polar surface area (TPSA) is 76.7 Å². The highest BCUT2D eigenvalue weighted by molar-refractivity contribution is 5.94. The van der Waals surface area contributed by atoms with Crippen LogP contribution >= 0.6 is 0 Å². The predicted octanol–water partition coefficient (Wildman–Crippen LogP) is 1.54. The Labute approximate surface area is 110 Å². The van der Waals surface area contributed by atoms with Gasteiger partial charge in [0.1, 0.15) is 5.56 Å². The molecule has 0 amide bonds. The number of aromatic nitrogens is 3. The first kappa shape index (κ1) is 12.1. The second kappa shape index (κ2) is 4.97. The first-order valence-electron chi connectivity index (χ1n) is 6.43. The second-order valence-electron chi connectivity index (χ2n) is 4.72. The van der Waals surface area contributed by atoms with Gasteiger partial charge in [0, 0.05) is 19.2 Å². The number of pyridine rings is 1. The highest BCUT2D eigenvalue weighted by atomic mass is 16.5. The number of carboxylic acids is 1. The minimum Gasteiger partial charge on any atom is -0.478 e. The van der Waals surface area contributed by atoms with Crippen molar-refractivity contribution in [1.29, 1.82) is 0 Å². The van der Waals surface area contributed by atoms with E-state index >= 15 is 0 Å². The fraction of sp³-hybridized carbons (Fsp3) is 0.462. The van der Waals surface area contributed by atoms with Gasteiger partial charge in [0.15, 0.2) is 11.5 Å². The van der Waals surface area contributed by atoms with E-state index in [4.69, 9.17) is 9.84 Å². The Hall–Kier alpha value is -1.95. The molecule has 6 nitrogen and oxygen atoms in total. The van der Waals surface area contributed by atoms with E-state index in [-0.39, 0.29) is 11.7 Å². The number of fused-ring (bicyclic) bond motifs is 1. The molecule has 3 rings (SSSR count). The molecule has 3 heterocycles. The highest BCUT2D eigenvalue weighted by Gasteiger charge is 2.18. The van der Waals surface area contributed by atoms with Crippen molar-refractivity contribution < 1.29 is 14.6 Å². The Kier molecular flexibility index (Phi) is 3.16. The number of carbonyl (C=O) groups is 1. The van der Waals surface area contributed by atoms with Crippen LogP contribution < -0.4 is 0 Å². The van der Waals surface area contributed by atoms with Gasteiger partial charge in [0.25, 0.3) is 0 Å². The average Bonchev–Trinajstić information content (AvgIpc) is 2.81. The van der Waals surface area contributed by atoms with Crippen LogP contribution in [0, 0.1) is 0 Å². The van der Waals surface area contributed by atoms with Crippen LogP contribution in [0.15, 0.2) is 18.3 Å². The summed E-state index contributed by atoms with van der Waals surface area (Å²) >= 11 is 0. The molecule has 0 radical (unpaired) electrons. The number of ether oxygens (including phenoxy) is 1. The minimum atomic E-state index is -0.988. The van der Waals surface area contributed by atoms with E-state index < -0.39 is 5.97 Å². The van der Waals surface area contributed by atoms with Gasteiger partial charge in [0.05, 0.1) is 6.10 Å². The summed E-state index contributed by atoms with van der Waals surface area (Å²) in [5.74, 6) is -0.348. The molecule has 1 atom stereocenters. The molecule has 1 fully saturated rings. The average molecular weight is 261 g/mol. The van der Waals surface area contributed by atoms with E-state index in [2.05, 4.69) is 10.1 Å². The van der Waals surface area contributed by atoms with Gasteiger partial charge in [-0.25, -0.2) is 14.3 Å². The van der Waals surface area contributed by atoms with Crippen LogP contribution in [0.1, 0.15) is 35.4 Å². The summed E-state index contributed by atoms with van der Waals surface area (Å²) in [6.45, 7) is 0.790. The monoisotopic (exact) mass is 261 g/mol. The van der Waals surface area contributed by atoms with Crippen LogP contribution in [0.2, 0.25) is 0 Å². The Morgan fingerprint density at radius 3 is 3.16 bits per heavy atom. The van der Waals surface area contributed by atoms with Crippen LogP contribution in [0.4, 0.5) is 0 Å². The van der Waals surface area contributed by atoms with Gasteiger partial charge in [-0.05, 0) is 31.4 Å². The lowest BCUT2D eigenvalue weighted by Gasteiger charge is -2.20. The zero-order chi connectivity index (χ0) is 13.2. The van der Waals surface area contributed by atoms with Crippen molar-refractivity contribution in [2.75, 3.05) is 6.61 Å². The number of rotatable bonds is 3. The van der Waals surface area contributed by atoms with Crippen LogP contribution in [0.5, 0.6) is 0 Å². The maximum Gasteiger partial charge on any atom is 0.339 e. The summed E-state index contributed by atoms with van der Waals surface area (Å²) in [7, 11) is 0. The molecule has 100 valence electrons. The van der Waals surface area contributed by atoms with E-state index in [0.717, 1.165) is 19.4 Å². The van der Waals surface area contributed by atoms with Crippen molar-refractivity contribution in [3.63, 3.8) is 0 Å². The summed E-state index contributed by atoms with van der Waals surface area (Å²) in [6, 6.07) is 3.19. The van der Waals surface area contributed by atoms with E-state index in [1.807, 2.05) is 0 Å². The summed E-state index contributed by atoms with van der Waals surface area (Å²) in [6.07, 6.45) is 5.79. The third-order valence-corrected chi connectivity index (χ3v) is 3.32. The largest absolute Gasteiger partial charge is 0.478 e. The molecular weight excluding hydrogens is 246 g/mol. The lowest BCUT2D eigenvalue weighted by molar-refractivity contribution is 0.0157. The van der Waals surface area contributed by atoms with E-state index in [0.29, 0.717) is 17.9 Å². The molecule has 19 heavy (non-hydrogen) atoms. The normalized spacial score (nSPS) is 19.7. The Balaban J connectivity index is 1.88. The molecule has 2 aromatic heterocycles.